The molecule has 1 aliphatic heterocycles. The number of nitrogens with zero attached hydrogens (tertiary/aromatic N) is 1. The Bertz CT molecular complexity index is 332. The van der Waals surface area contributed by atoms with Crippen molar-refractivity contribution in [2.24, 2.45) is 5.41 Å². The SMILES string of the molecule is CC1(C)CN(c2c(N)cccc2F)C1. The predicted octanol–water partition coefficient (Wildman–Crippen LogP) is 2.25. The Morgan fingerprint density at radius 2 is 2.00 bits per heavy atom. The van der Waals surface area contributed by atoms with E-state index in [0.717, 1.165) is 13.1 Å². The third-order valence-corrected chi connectivity index (χ3v) is 2.57. The fourth-order valence-corrected chi connectivity index (χ4v) is 2.01. The number of hydrogen-bond acceptors (Lipinski definition) is 2. The zero-order valence-electron chi connectivity index (χ0n) is 8.55. The highest BCUT2D eigenvalue weighted by molar-refractivity contribution is 5.69. The van der Waals surface area contributed by atoms with Crippen LogP contribution in [0.3, 0.4) is 0 Å². The van der Waals surface area contributed by atoms with E-state index in [1.165, 1.54) is 6.07 Å². The molecule has 0 aliphatic carbocycles. The molecule has 0 unspecified atom stereocenters. The molecule has 3 heteroatoms. The van der Waals surface area contributed by atoms with Gasteiger partial charge in [0.15, 0.2) is 0 Å². The van der Waals surface area contributed by atoms with E-state index < -0.39 is 0 Å². The van der Waals surface area contributed by atoms with Gasteiger partial charge in [-0.2, -0.15) is 0 Å². The van der Waals surface area contributed by atoms with Crippen molar-refractivity contribution in [1.29, 1.82) is 0 Å². The summed E-state index contributed by atoms with van der Waals surface area (Å²) >= 11 is 0. The highest BCUT2D eigenvalue weighted by atomic mass is 19.1. The van der Waals surface area contributed by atoms with E-state index in [2.05, 4.69) is 13.8 Å². The molecular weight excluding hydrogens is 179 g/mol. The van der Waals surface area contributed by atoms with E-state index in [9.17, 15) is 4.39 Å². The monoisotopic (exact) mass is 194 g/mol. The Hall–Kier alpha value is -1.25. The number of rotatable bonds is 1. The minimum Gasteiger partial charge on any atom is -0.397 e. The number of benzene rings is 1. The van der Waals surface area contributed by atoms with Crippen LogP contribution in [0, 0.1) is 11.2 Å². The first-order valence-electron chi connectivity index (χ1n) is 4.78. The van der Waals surface area contributed by atoms with Crippen LogP contribution in [0.15, 0.2) is 18.2 Å². The predicted molar refractivity (Wildman–Crippen MR) is 56.8 cm³/mol. The lowest BCUT2D eigenvalue weighted by atomic mass is 9.84. The average molecular weight is 194 g/mol. The number of anilines is 2. The molecule has 1 aromatic rings. The van der Waals surface area contributed by atoms with Gasteiger partial charge in [-0.05, 0) is 17.5 Å². The fourth-order valence-electron chi connectivity index (χ4n) is 2.01. The van der Waals surface area contributed by atoms with Gasteiger partial charge in [0.2, 0.25) is 0 Å². The summed E-state index contributed by atoms with van der Waals surface area (Å²) in [5, 5.41) is 0. The summed E-state index contributed by atoms with van der Waals surface area (Å²) in [7, 11) is 0. The van der Waals surface area contributed by atoms with Crippen LogP contribution in [0.4, 0.5) is 15.8 Å². The van der Waals surface area contributed by atoms with Crippen LogP contribution in [-0.4, -0.2) is 13.1 Å². The molecule has 0 amide bonds. The zero-order chi connectivity index (χ0) is 10.3. The molecule has 0 spiro atoms. The Morgan fingerprint density at radius 3 is 2.50 bits per heavy atom. The Kier molecular flexibility index (Phi) is 1.91. The summed E-state index contributed by atoms with van der Waals surface area (Å²) in [4.78, 5) is 1.99. The quantitative estimate of drug-likeness (QED) is 0.695. The van der Waals surface area contributed by atoms with Gasteiger partial charge in [0.05, 0.1) is 11.4 Å². The van der Waals surface area contributed by atoms with Gasteiger partial charge in [0.1, 0.15) is 5.82 Å². The van der Waals surface area contributed by atoms with Gasteiger partial charge in [0, 0.05) is 13.1 Å². The van der Waals surface area contributed by atoms with Crippen molar-refractivity contribution in [1.82, 2.24) is 0 Å². The molecule has 1 fully saturated rings. The van der Waals surface area contributed by atoms with Crippen molar-refractivity contribution in [2.75, 3.05) is 23.7 Å². The molecule has 2 N–H and O–H groups in total. The second-order valence-corrected chi connectivity index (χ2v) is 4.70. The van der Waals surface area contributed by atoms with Gasteiger partial charge >= 0.3 is 0 Å². The number of nitrogens with two attached hydrogens (primary N) is 1. The first kappa shape index (κ1) is 9.31. The van der Waals surface area contributed by atoms with Crippen LogP contribution < -0.4 is 10.6 Å². The van der Waals surface area contributed by atoms with E-state index in [0.29, 0.717) is 11.4 Å². The van der Waals surface area contributed by atoms with Crippen molar-refractivity contribution >= 4 is 11.4 Å². The summed E-state index contributed by atoms with van der Waals surface area (Å²) in [6, 6.07) is 4.83. The van der Waals surface area contributed by atoms with E-state index in [1.54, 1.807) is 12.1 Å². The summed E-state index contributed by atoms with van der Waals surface area (Å²) in [6.45, 7) is 6.08. The zero-order valence-corrected chi connectivity index (χ0v) is 8.55. The number of para-hydroxylation sites is 1. The van der Waals surface area contributed by atoms with Gasteiger partial charge in [-0.25, -0.2) is 4.39 Å². The van der Waals surface area contributed by atoms with Crippen LogP contribution in [0.5, 0.6) is 0 Å². The molecule has 0 radical (unpaired) electrons. The van der Waals surface area contributed by atoms with Crippen LogP contribution in [0.1, 0.15) is 13.8 Å². The van der Waals surface area contributed by atoms with Gasteiger partial charge < -0.3 is 10.6 Å². The summed E-state index contributed by atoms with van der Waals surface area (Å²) in [6.07, 6.45) is 0. The molecule has 14 heavy (non-hydrogen) atoms. The summed E-state index contributed by atoms with van der Waals surface area (Å²) < 4.78 is 13.5. The van der Waals surface area contributed by atoms with Crippen LogP contribution >= 0.6 is 0 Å². The molecule has 2 nitrogen and oxygen atoms in total. The van der Waals surface area contributed by atoms with E-state index >= 15 is 0 Å². The third kappa shape index (κ3) is 1.43. The Balaban J connectivity index is 2.26. The largest absolute Gasteiger partial charge is 0.397 e. The normalized spacial score (nSPS) is 19.2. The van der Waals surface area contributed by atoms with Crippen LogP contribution in [0.25, 0.3) is 0 Å². The van der Waals surface area contributed by atoms with E-state index in [1.807, 2.05) is 4.90 Å². The third-order valence-electron chi connectivity index (χ3n) is 2.57. The lowest BCUT2D eigenvalue weighted by molar-refractivity contribution is 0.274. The van der Waals surface area contributed by atoms with Crippen LogP contribution in [-0.2, 0) is 0 Å². The molecule has 76 valence electrons. The van der Waals surface area contributed by atoms with Gasteiger partial charge in [0.25, 0.3) is 0 Å². The molecule has 0 bridgehead atoms. The van der Waals surface area contributed by atoms with Crippen molar-refractivity contribution in [3.63, 3.8) is 0 Å². The maximum atomic E-state index is 13.5. The van der Waals surface area contributed by atoms with Crippen molar-refractivity contribution in [3.05, 3.63) is 24.0 Å². The molecular formula is C11H15FN2. The standard InChI is InChI=1S/C11H15FN2/c1-11(2)6-14(7-11)10-8(12)4-3-5-9(10)13/h3-5H,6-7,13H2,1-2H3. The van der Waals surface area contributed by atoms with Gasteiger partial charge in [-0.3, -0.25) is 0 Å². The molecule has 1 saturated heterocycles. The molecule has 0 atom stereocenters. The summed E-state index contributed by atoms with van der Waals surface area (Å²) in [5.74, 6) is -0.222. The van der Waals surface area contributed by atoms with E-state index in [-0.39, 0.29) is 11.2 Å². The van der Waals surface area contributed by atoms with Crippen LogP contribution in [0.2, 0.25) is 0 Å². The fraction of sp³-hybridized carbons (Fsp3) is 0.455. The first-order chi connectivity index (χ1) is 6.49. The average Bonchev–Trinajstić information content (AvgIpc) is 2.00. The summed E-state index contributed by atoms with van der Waals surface area (Å²) in [5.41, 5.74) is 7.12. The number of nitrogen functional groups attached to an aromatic ring is 1. The highest BCUT2D eigenvalue weighted by Crippen LogP contribution is 2.37. The lowest BCUT2D eigenvalue weighted by Gasteiger charge is -2.47. The molecule has 1 heterocycles. The number of halogens is 1. The minimum atomic E-state index is -0.222. The maximum absolute atomic E-state index is 13.5. The molecule has 1 aromatic carbocycles. The number of hydrogen-bond donors (Lipinski definition) is 1. The highest BCUT2D eigenvalue weighted by Gasteiger charge is 2.36. The minimum absolute atomic E-state index is 0.222. The van der Waals surface area contributed by atoms with Crippen molar-refractivity contribution in [3.8, 4) is 0 Å². The molecule has 2 rings (SSSR count). The second kappa shape index (κ2) is 2.87. The lowest BCUT2D eigenvalue weighted by Crippen LogP contribution is -2.53. The molecule has 0 aromatic heterocycles. The topological polar surface area (TPSA) is 29.3 Å². The smallest absolute Gasteiger partial charge is 0.148 e. The van der Waals surface area contributed by atoms with Gasteiger partial charge in [-0.15, -0.1) is 0 Å². The Morgan fingerprint density at radius 1 is 1.36 bits per heavy atom. The first-order valence-corrected chi connectivity index (χ1v) is 4.78. The molecule has 0 saturated carbocycles. The van der Waals surface area contributed by atoms with Gasteiger partial charge in [-0.1, -0.05) is 19.9 Å². The maximum Gasteiger partial charge on any atom is 0.148 e. The van der Waals surface area contributed by atoms with E-state index in [4.69, 9.17) is 5.73 Å². The molecule has 1 aliphatic rings. The Labute approximate surface area is 83.5 Å². The second-order valence-electron chi connectivity index (χ2n) is 4.70. The van der Waals surface area contributed by atoms with Crippen molar-refractivity contribution < 1.29 is 4.39 Å². The van der Waals surface area contributed by atoms with Crippen molar-refractivity contribution in [2.45, 2.75) is 13.8 Å².